The van der Waals surface area contributed by atoms with E-state index >= 15 is 0 Å². The maximum atomic E-state index is 13.5. The van der Waals surface area contributed by atoms with Crippen molar-refractivity contribution >= 4 is 15.9 Å². The second-order valence-corrected chi connectivity index (χ2v) is 5.40. The van der Waals surface area contributed by atoms with Crippen LogP contribution in [0.1, 0.15) is 22.7 Å². The van der Waals surface area contributed by atoms with Crippen LogP contribution in [0.2, 0.25) is 0 Å². The molecule has 0 heterocycles. The van der Waals surface area contributed by atoms with Crippen molar-refractivity contribution < 1.29 is 9.13 Å². The maximum absolute atomic E-state index is 13.5. The van der Waals surface area contributed by atoms with E-state index in [1.807, 2.05) is 25.1 Å². The molecule has 2 aromatic rings. The van der Waals surface area contributed by atoms with Gasteiger partial charge in [-0.2, -0.15) is 0 Å². The van der Waals surface area contributed by atoms with Crippen molar-refractivity contribution in [3.05, 3.63) is 63.4 Å². The first-order valence-corrected chi connectivity index (χ1v) is 6.91. The smallest absolute Gasteiger partial charge is 0.124 e. The van der Waals surface area contributed by atoms with Crippen molar-refractivity contribution in [1.29, 1.82) is 0 Å². The Balaban J connectivity index is 2.57. The number of hydrogen-bond donors (Lipinski definition) is 2. The van der Waals surface area contributed by atoms with E-state index in [1.165, 1.54) is 12.1 Å². The number of nitrogens with two attached hydrogens (primary N) is 1. The lowest BCUT2D eigenvalue weighted by molar-refractivity contribution is 0.402. The molecule has 0 amide bonds. The van der Waals surface area contributed by atoms with Crippen LogP contribution >= 0.6 is 15.9 Å². The van der Waals surface area contributed by atoms with Crippen molar-refractivity contribution in [3.63, 3.8) is 0 Å². The molecule has 0 bridgehead atoms. The van der Waals surface area contributed by atoms with Gasteiger partial charge in [0.05, 0.1) is 13.2 Å². The Morgan fingerprint density at radius 1 is 1.20 bits per heavy atom. The second-order valence-electron chi connectivity index (χ2n) is 4.49. The Bertz CT molecular complexity index is 619. The molecule has 3 nitrogen and oxygen atoms in total. The first kappa shape index (κ1) is 15.0. The van der Waals surface area contributed by atoms with Gasteiger partial charge in [-0.05, 0) is 48.4 Å². The van der Waals surface area contributed by atoms with E-state index in [2.05, 4.69) is 21.4 Å². The molecule has 3 N–H and O–H groups in total. The van der Waals surface area contributed by atoms with E-state index in [9.17, 15) is 4.39 Å². The van der Waals surface area contributed by atoms with Crippen LogP contribution in [0.5, 0.6) is 5.75 Å². The van der Waals surface area contributed by atoms with Gasteiger partial charge in [-0.15, -0.1) is 0 Å². The fourth-order valence-corrected chi connectivity index (χ4v) is 2.58. The van der Waals surface area contributed by atoms with Gasteiger partial charge in [0.15, 0.2) is 0 Å². The third kappa shape index (κ3) is 3.00. The molecule has 0 aliphatic carbocycles. The third-order valence-corrected chi connectivity index (χ3v) is 3.71. The minimum Gasteiger partial charge on any atom is -0.496 e. The van der Waals surface area contributed by atoms with Crippen molar-refractivity contribution in [3.8, 4) is 5.75 Å². The topological polar surface area (TPSA) is 47.3 Å². The molecule has 5 heteroatoms. The SMILES string of the molecule is COc1ccc(F)cc1C(NN)c1cc(Br)ccc1C. The molecular formula is C15H16BrFN2O. The number of halogens is 2. The predicted octanol–water partition coefficient (Wildman–Crippen LogP) is 3.46. The molecule has 0 saturated carbocycles. The highest BCUT2D eigenvalue weighted by atomic mass is 79.9. The lowest BCUT2D eigenvalue weighted by Crippen LogP contribution is -2.29. The lowest BCUT2D eigenvalue weighted by Gasteiger charge is -2.21. The summed E-state index contributed by atoms with van der Waals surface area (Å²) >= 11 is 3.44. The van der Waals surface area contributed by atoms with E-state index in [0.717, 1.165) is 15.6 Å². The number of nitrogens with one attached hydrogen (secondary N) is 1. The molecule has 0 aliphatic heterocycles. The minimum atomic E-state index is -0.349. The van der Waals surface area contributed by atoms with Gasteiger partial charge in [0.2, 0.25) is 0 Å². The average Bonchev–Trinajstić information content (AvgIpc) is 2.44. The number of methoxy groups -OCH3 is 1. The summed E-state index contributed by atoms with van der Waals surface area (Å²) in [6.45, 7) is 1.98. The molecule has 0 spiro atoms. The molecule has 20 heavy (non-hydrogen) atoms. The molecule has 2 aromatic carbocycles. The second kappa shape index (κ2) is 6.35. The fourth-order valence-electron chi connectivity index (χ4n) is 2.20. The van der Waals surface area contributed by atoms with Crippen LogP contribution in [0.15, 0.2) is 40.9 Å². The molecule has 0 aromatic heterocycles. The maximum Gasteiger partial charge on any atom is 0.124 e. The van der Waals surface area contributed by atoms with E-state index in [4.69, 9.17) is 10.6 Å². The zero-order valence-corrected chi connectivity index (χ0v) is 12.9. The zero-order chi connectivity index (χ0) is 14.7. The highest BCUT2D eigenvalue weighted by molar-refractivity contribution is 9.10. The molecular weight excluding hydrogens is 323 g/mol. The van der Waals surface area contributed by atoms with Gasteiger partial charge < -0.3 is 4.74 Å². The average molecular weight is 339 g/mol. The van der Waals surface area contributed by atoms with Crippen molar-refractivity contribution in [2.45, 2.75) is 13.0 Å². The largest absolute Gasteiger partial charge is 0.496 e. The minimum absolute atomic E-state index is 0.325. The Kier molecular flexibility index (Phi) is 4.75. The van der Waals surface area contributed by atoms with Crippen LogP contribution in [0.4, 0.5) is 4.39 Å². The van der Waals surface area contributed by atoms with Gasteiger partial charge in [0, 0.05) is 10.0 Å². The van der Waals surface area contributed by atoms with Crippen LogP contribution in [0.25, 0.3) is 0 Å². The number of rotatable bonds is 4. The summed E-state index contributed by atoms with van der Waals surface area (Å²) in [5.41, 5.74) is 5.42. The quantitative estimate of drug-likeness (QED) is 0.663. The number of aryl methyl sites for hydroxylation is 1. The summed E-state index contributed by atoms with van der Waals surface area (Å²) in [5, 5.41) is 0. The van der Waals surface area contributed by atoms with Gasteiger partial charge in [-0.25, -0.2) is 9.82 Å². The standard InChI is InChI=1S/C15H16BrFN2O/c1-9-3-4-10(16)7-12(9)15(19-18)13-8-11(17)5-6-14(13)20-2/h3-8,15,19H,18H2,1-2H3. The number of benzene rings is 2. The summed E-state index contributed by atoms with van der Waals surface area (Å²) in [5.74, 6) is 5.95. The van der Waals surface area contributed by atoms with Crippen LogP contribution in [0.3, 0.4) is 0 Å². The molecule has 106 valence electrons. The predicted molar refractivity (Wildman–Crippen MR) is 81.0 cm³/mol. The number of ether oxygens (including phenoxy) is 1. The van der Waals surface area contributed by atoms with Crippen LogP contribution < -0.4 is 16.0 Å². The Hall–Kier alpha value is -1.43. The summed E-state index contributed by atoms with van der Waals surface area (Å²) in [4.78, 5) is 0. The van der Waals surface area contributed by atoms with Crippen molar-refractivity contribution in [2.75, 3.05) is 7.11 Å². The van der Waals surface area contributed by atoms with E-state index in [0.29, 0.717) is 11.3 Å². The Morgan fingerprint density at radius 2 is 1.95 bits per heavy atom. The summed E-state index contributed by atoms with van der Waals surface area (Å²) in [6, 6.07) is 9.95. The van der Waals surface area contributed by atoms with Crippen molar-refractivity contribution in [2.24, 2.45) is 5.84 Å². The van der Waals surface area contributed by atoms with Crippen LogP contribution in [0, 0.1) is 12.7 Å². The molecule has 2 rings (SSSR count). The summed E-state index contributed by atoms with van der Waals surface area (Å²) in [6.07, 6.45) is 0. The molecule has 0 fully saturated rings. The first-order chi connectivity index (χ1) is 9.56. The van der Waals surface area contributed by atoms with Gasteiger partial charge >= 0.3 is 0 Å². The molecule has 1 unspecified atom stereocenters. The number of hydrogen-bond acceptors (Lipinski definition) is 3. The zero-order valence-electron chi connectivity index (χ0n) is 11.3. The lowest BCUT2D eigenvalue weighted by atomic mass is 9.95. The Morgan fingerprint density at radius 3 is 2.60 bits per heavy atom. The van der Waals surface area contributed by atoms with Gasteiger partial charge in [0.25, 0.3) is 0 Å². The molecule has 0 radical (unpaired) electrons. The summed E-state index contributed by atoms with van der Waals surface area (Å²) in [7, 11) is 1.55. The van der Waals surface area contributed by atoms with E-state index < -0.39 is 0 Å². The molecule has 0 aliphatic rings. The van der Waals surface area contributed by atoms with Crippen molar-refractivity contribution in [1.82, 2.24) is 5.43 Å². The van der Waals surface area contributed by atoms with E-state index in [1.54, 1.807) is 13.2 Å². The van der Waals surface area contributed by atoms with Crippen LogP contribution in [-0.4, -0.2) is 7.11 Å². The highest BCUT2D eigenvalue weighted by Gasteiger charge is 2.19. The fraction of sp³-hybridized carbons (Fsp3) is 0.200. The third-order valence-electron chi connectivity index (χ3n) is 3.22. The first-order valence-electron chi connectivity index (χ1n) is 6.12. The normalized spacial score (nSPS) is 12.2. The van der Waals surface area contributed by atoms with Gasteiger partial charge in [0.1, 0.15) is 11.6 Å². The molecule has 1 atom stereocenters. The number of hydrazine groups is 1. The van der Waals surface area contributed by atoms with Crippen LogP contribution in [-0.2, 0) is 0 Å². The molecule has 0 saturated heterocycles. The monoisotopic (exact) mass is 338 g/mol. The van der Waals surface area contributed by atoms with Gasteiger partial charge in [-0.1, -0.05) is 22.0 Å². The Labute approximate surface area is 126 Å². The van der Waals surface area contributed by atoms with E-state index in [-0.39, 0.29) is 11.9 Å². The summed E-state index contributed by atoms with van der Waals surface area (Å²) < 4.78 is 19.8. The van der Waals surface area contributed by atoms with Gasteiger partial charge in [-0.3, -0.25) is 5.84 Å². The highest BCUT2D eigenvalue weighted by Crippen LogP contribution is 2.33.